The number of pyridine rings is 3. The molecule has 0 aliphatic heterocycles. The average Bonchev–Trinajstić information content (AvgIpc) is 4.05. The summed E-state index contributed by atoms with van der Waals surface area (Å²) >= 11 is 6.56. The molecule has 0 aliphatic carbocycles. The van der Waals surface area contributed by atoms with Crippen LogP contribution in [-0.2, 0) is 0 Å². The molecule has 25 heteroatoms. The lowest BCUT2D eigenvalue weighted by atomic mass is 10.2. The molecule has 0 unspecified atom stereocenters. The van der Waals surface area contributed by atoms with Gasteiger partial charge >= 0.3 is 0 Å². The zero-order valence-corrected chi connectivity index (χ0v) is 49.2. The highest BCUT2D eigenvalue weighted by molar-refractivity contribution is 14.1. The van der Waals surface area contributed by atoms with Crippen LogP contribution < -0.4 is 45.8 Å². The van der Waals surface area contributed by atoms with E-state index in [9.17, 15) is 33.4 Å². The number of methoxy groups -OCH3 is 2. The fraction of sp³-hybridized carbons (Fsp3) is 0.0500. The standard InChI is InChI=1S/C20H14FN3O3S.C20H16FN3O2S.C13H6FIN2O3S.C7H9NO/c1-12-3-2-4-13(9-12)23-19-11-16-20(28-19)18(7-8-22-16)27-17-6-5-14(24(25)26)10-15(17)21;1-25-14-4-2-3-13(10-14)24-19-11-16-20(27-19)18(7-8-23-16)26-17-6-5-12(22)9-15(17)21;14-8-5-7(17(18)19)1-2-10(8)20-11-3-4-16-9-6-12(15)21-13(9)11;1-9-7-4-2-3-6(8)5-7/h2-11,23H,1H3;2-11,24H,22H2,1H3;1-6H;2-5H,8H2,1H3. The van der Waals surface area contributed by atoms with E-state index < -0.39 is 27.3 Å². The van der Waals surface area contributed by atoms with Gasteiger partial charge in [-0.3, -0.25) is 35.2 Å². The summed E-state index contributed by atoms with van der Waals surface area (Å²) in [5.41, 5.74) is 16.7. The molecule has 0 fully saturated rings. The summed E-state index contributed by atoms with van der Waals surface area (Å²) in [4.78, 5) is 32.9. The minimum atomic E-state index is -0.797. The number of anilines is 6. The van der Waals surface area contributed by atoms with Gasteiger partial charge in [0.25, 0.3) is 11.4 Å². The first-order valence-electron chi connectivity index (χ1n) is 24.9. The molecule has 6 aromatic carbocycles. The first-order valence-corrected chi connectivity index (χ1v) is 28.4. The number of thiophene rings is 3. The number of rotatable bonds is 14. The van der Waals surface area contributed by atoms with Gasteiger partial charge in [0.15, 0.2) is 34.7 Å². The van der Waals surface area contributed by atoms with Crippen molar-refractivity contribution in [1.29, 1.82) is 0 Å². The molecule has 6 heterocycles. The second-order valence-corrected chi connectivity index (χ2v) is 22.8. The smallest absolute Gasteiger partial charge is 0.272 e. The van der Waals surface area contributed by atoms with E-state index in [0.29, 0.717) is 28.5 Å². The largest absolute Gasteiger partial charge is 0.497 e. The monoisotopic (exact) mass is 1320 g/mol. The second kappa shape index (κ2) is 27.5. The lowest BCUT2D eigenvalue weighted by Gasteiger charge is -2.08. The fourth-order valence-corrected chi connectivity index (χ4v) is 11.5. The third-order valence-corrected chi connectivity index (χ3v) is 15.7. The summed E-state index contributed by atoms with van der Waals surface area (Å²) in [6.07, 6.45) is 4.78. The third-order valence-electron chi connectivity index (χ3n) is 11.7. The number of fused-ring (bicyclic) bond motifs is 3. The van der Waals surface area contributed by atoms with E-state index in [0.717, 1.165) is 84.3 Å². The minimum absolute atomic E-state index is 0.0588. The van der Waals surface area contributed by atoms with Gasteiger partial charge in [0.2, 0.25) is 0 Å². The van der Waals surface area contributed by atoms with Crippen LogP contribution in [0, 0.1) is 47.5 Å². The Labute approximate surface area is 507 Å². The zero-order chi connectivity index (χ0) is 60.1. The Morgan fingerprint density at radius 2 is 0.906 bits per heavy atom. The van der Waals surface area contributed by atoms with Gasteiger partial charge in [-0.2, -0.15) is 0 Å². The van der Waals surface area contributed by atoms with Gasteiger partial charge in [-0.25, -0.2) is 13.2 Å². The SMILES string of the molecule is COc1cccc(N)c1.COc1cccc(Nc2cc3nccc(Oc4ccc(N)cc4F)c3s2)c1.Cc1cccc(Nc2cc3nccc(Oc4ccc([N+](=O)[O-])cc4F)c3s2)c1.O=[N+]([O-])c1ccc(Oc2ccnc3cc(I)sc23)c(F)c1. The van der Waals surface area contributed by atoms with Gasteiger partial charge in [-0.05, 0) is 114 Å². The van der Waals surface area contributed by atoms with E-state index in [2.05, 4.69) is 48.2 Å². The summed E-state index contributed by atoms with van der Waals surface area (Å²) < 4.78 is 72.6. The number of halogens is 4. The lowest BCUT2D eigenvalue weighted by Crippen LogP contribution is -1.92. The Morgan fingerprint density at radius 3 is 1.35 bits per heavy atom. The Bertz CT molecular complexity index is 4380. The number of benzene rings is 6. The molecule has 0 saturated heterocycles. The summed E-state index contributed by atoms with van der Waals surface area (Å²) in [6.45, 7) is 2.02. The fourth-order valence-electron chi connectivity index (χ4n) is 7.76. The van der Waals surface area contributed by atoms with E-state index in [1.165, 1.54) is 70.4 Å². The van der Waals surface area contributed by atoms with Crippen LogP contribution in [0.1, 0.15) is 5.56 Å². The Hall–Kier alpha value is -9.83. The quantitative estimate of drug-likeness (QED) is 0.0342. The van der Waals surface area contributed by atoms with Crippen molar-refractivity contribution in [2.45, 2.75) is 6.92 Å². The van der Waals surface area contributed by atoms with Crippen LogP contribution in [0.15, 0.2) is 182 Å². The molecule has 430 valence electrons. The van der Waals surface area contributed by atoms with E-state index in [1.807, 2.05) is 91.9 Å². The molecule has 0 amide bonds. The molecule has 18 nitrogen and oxygen atoms in total. The number of non-ortho nitro benzene ring substituents is 2. The number of ether oxygens (including phenoxy) is 5. The molecule has 12 rings (SSSR count). The van der Waals surface area contributed by atoms with Gasteiger partial charge < -0.3 is 45.8 Å². The van der Waals surface area contributed by atoms with Crippen molar-refractivity contribution < 1.29 is 46.7 Å². The molecule has 6 aromatic heterocycles. The lowest BCUT2D eigenvalue weighted by molar-refractivity contribution is -0.385. The van der Waals surface area contributed by atoms with Gasteiger partial charge in [-0.1, -0.05) is 24.3 Å². The molecule has 0 atom stereocenters. The highest BCUT2D eigenvalue weighted by atomic mass is 127. The average molecular weight is 1320 g/mol. The normalized spacial score (nSPS) is 10.6. The van der Waals surface area contributed by atoms with E-state index >= 15 is 0 Å². The molecule has 12 aromatic rings. The molecule has 0 bridgehead atoms. The van der Waals surface area contributed by atoms with Crippen molar-refractivity contribution in [2.24, 2.45) is 0 Å². The van der Waals surface area contributed by atoms with Gasteiger partial charge in [0.05, 0.1) is 79.7 Å². The van der Waals surface area contributed by atoms with Crippen LogP contribution in [0.3, 0.4) is 0 Å². The number of aryl methyl sites for hydroxylation is 1. The van der Waals surface area contributed by atoms with Crippen LogP contribution in [0.4, 0.5) is 57.3 Å². The second-order valence-electron chi connectivity index (χ2n) is 17.7. The maximum absolute atomic E-state index is 14.2. The predicted octanol–water partition coefficient (Wildman–Crippen LogP) is 17.8. The Balaban J connectivity index is 0.000000143. The third kappa shape index (κ3) is 15.6. The number of nitrogens with one attached hydrogen (secondary N) is 2. The number of nitrogens with zero attached hydrogens (tertiary/aromatic N) is 5. The van der Waals surface area contributed by atoms with Crippen LogP contribution in [0.2, 0.25) is 0 Å². The maximum atomic E-state index is 14.2. The van der Waals surface area contributed by atoms with Crippen molar-refractivity contribution >= 4 is 131 Å². The molecule has 85 heavy (non-hydrogen) atoms. The Morgan fingerprint density at radius 1 is 0.482 bits per heavy atom. The molecule has 6 N–H and O–H groups in total. The molecular weight excluding hydrogens is 1270 g/mol. The predicted molar refractivity (Wildman–Crippen MR) is 337 cm³/mol. The number of aromatic nitrogens is 3. The molecule has 0 aliphatic rings. The topological polar surface area (TPSA) is 247 Å². The van der Waals surface area contributed by atoms with Crippen LogP contribution in [0.5, 0.6) is 46.0 Å². The number of hydrogen-bond acceptors (Lipinski definition) is 19. The van der Waals surface area contributed by atoms with Gasteiger partial charge in [0, 0.05) is 89.9 Å². The molecule has 0 saturated carbocycles. The van der Waals surface area contributed by atoms with E-state index in [4.69, 9.17) is 35.2 Å². The van der Waals surface area contributed by atoms with Crippen molar-refractivity contribution in [2.75, 3.05) is 36.3 Å². The van der Waals surface area contributed by atoms with Crippen LogP contribution in [0.25, 0.3) is 30.6 Å². The highest BCUT2D eigenvalue weighted by Gasteiger charge is 2.18. The number of nitro benzene ring substituents is 2. The van der Waals surface area contributed by atoms with Crippen molar-refractivity contribution in [1.82, 2.24) is 15.0 Å². The van der Waals surface area contributed by atoms with Crippen molar-refractivity contribution in [3.8, 4) is 46.0 Å². The number of nitro groups is 2. The number of hydrogen-bond donors (Lipinski definition) is 4. The Kier molecular flexibility index (Phi) is 19.3. The molecular formula is C60H45F3IN9O9S3. The molecule has 0 spiro atoms. The maximum Gasteiger partial charge on any atom is 0.272 e. The summed E-state index contributed by atoms with van der Waals surface area (Å²) in [6, 6.07) is 44.6. The number of nitrogens with two attached hydrogens (primary N) is 2. The minimum Gasteiger partial charge on any atom is -0.497 e. The summed E-state index contributed by atoms with van der Waals surface area (Å²) in [5, 5.41) is 29.8. The van der Waals surface area contributed by atoms with Gasteiger partial charge in [0.1, 0.15) is 28.7 Å². The zero-order valence-electron chi connectivity index (χ0n) is 44.6. The summed E-state index contributed by atoms with van der Waals surface area (Å²) in [5.74, 6) is 0.897. The first kappa shape index (κ1) is 59.8. The first-order chi connectivity index (χ1) is 41.0. The highest BCUT2D eigenvalue weighted by Crippen LogP contribution is 2.42. The van der Waals surface area contributed by atoms with E-state index in [-0.39, 0.29) is 28.6 Å². The van der Waals surface area contributed by atoms with Gasteiger partial charge in [-0.15, -0.1) is 34.0 Å². The van der Waals surface area contributed by atoms with E-state index in [1.54, 1.807) is 63.1 Å². The number of nitrogen functional groups attached to an aromatic ring is 2. The van der Waals surface area contributed by atoms with Crippen LogP contribution >= 0.6 is 56.6 Å². The summed E-state index contributed by atoms with van der Waals surface area (Å²) in [7, 11) is 3.25. The van der Waals surface area contributed by atoms with Crippen molar-refractivity contribution in [3.05, 3.63) is 229 Å². The van der Waals surface area contributed by atoms with Crippen LogP contribution in [-0.4, -0.2) is 39.0 Å². The van der Waals surface area contributed by atoms with Crippen molar-refractivity contribution in [3.63, 3.8) is 0 Å². The molecule has 0 radical (unpaired) electrons.